The first-order chi connectivity index (χ1) is 17.3. The van der Waals surface area contributed by atoms with E-state index in [0.29, 0.717) is 28.6 Å². The first-order valence-electron chi connectivity index (χ1n) is 12.3. The van der Waals surface area contributed by atoms with E-state index in [4.69, 9.17) is 4.42 Å². The molecule has 0 saturated heterocycles. The van der Waals surface area contributed by atoms with Crippen molar-refractivity contribution in [1.29, 1.82) is 0 Å². The summed E-state index contributed by atoms with van der Waals surface area (Å²) in [5, 5.41) is 14.5. The Morgan fingerprint density at radius 3 is 2.47 bits per heavy atom. The summed E-state index contributed by atoms with van der Waals surface area (Å²) < 4.78 is 7.31. The number of nitrogens with zero attached hydrogens (tertiary/aromatic N) is 5. The average molecular weight is 488 g/mol. The summed E-state index contributed by atoms with van der Waals surface area (Å²) in [7, 11) is 0. The maximum Gasteiger partial charge on any atom is 0.341 e. The minimum Gasteiger partial charge on any atom is -0.477 e. The van der Waals surface area contributed by atoms with Gasteiger partial charge in [-0.05, 0) is 69.7 Å². The van der Waals surface area contributed by atoms with Crippen LogP contribution in [-0.4, -0.2) is 42.8 Å². The highest BCUT2D eigenvalue weighted by molar-refractivity contribution is 6.01. The Kier molecular flexibility index (Phi) is 6.30. The first kappa shape index (κ1) is 23.7. The second kappa shape index (κ2) is 9.56. The summed E-state index contributed by atoms with van der Waals surface area (Å²) in [4.78, 5) is 35.7. The number of oxazole rings is 1. The molecule has 4 aromatic rings. The van der Waals surface area contributed by atoms with Crippen LogP contribution in [0.15, 0.2) is 53.3 Å². The number of carbonyl (C=O) groups is 2. The van der Waals surface area contributed by atoms with Crippen LogP contribution in [0.3, 0.4) is 0 Å². The number of carboxylic acid groups (broad SMARTS) is 1. The molecule has 9 heteroatoms. The van der Waals surface area contributed by atoms with Gasteiger partial charge in [0.25, 0.3) is 0 Å². The van der Waals surface area contributed by atoms with Gasteiger partial charge in [-0.3, -0.25) is 14.7 Å². The number of carbonyl (C=O) groups excluding carboxylic acids is 1. The van der Waals surface area contributed by atoms with Crippen molar-refractivity contribution >= 4 is 28.8 Å². The lowest BCUT2D eigenvalue weighted by molar-refractivity contribution is -0.124. The van der Waals surface area contributed by atoms with E-state index in [1.165, 1.54) is 10.9 Å². The summed E-state index contributed by atoms with van der Waals surface area (Å²) in [6.45, 7) is 5.98. The molecule has 1 aliphatic carbocycles. The number of anilines is 1. The lowest BCUT2D eigenvalue weighted by atomic mass is 9.82. The fourth-order valence-corrected chi connectivity index (χ4v) is 4.79. The number of benzene rings is 1. The van der Waals surface area contributed by atoms with E-state index >= 15 is 0 Å². The predicted octanol–water partition coefficient (Wildman–Crippen LogP) is 5.34. The molecule has 1 amide bonds. The van der Waals surface area contributed by atoms with Crippen LogP contribution >= 0.6 is 0 Å². The van der Waals surface area contributed by atoms with Gasteiger partial charge < -0.3 is 9.52 Å². The van der Waals surface area contributed by atoms with E-state index in [2.05, 4.69) is 22.0 Å². The van der Waals surface area contributed by atoms with Gasteiger partial charge in [-0.15, -0.1) is 5.10 Å². The molecule has 0 atom stereocenters. The van der Waals surface area contributed by atoms with E-state index in [1.807, 2.05) is 38.1 Å². The van der Waals surface area contributed by atoms with E-state index in [-0.39, 0.29) is 29.2 Å². The van der Waals surface area contributed by atoms with Gasteiger partial charge in [0.15, 0.2) is 11.4 Å². The predicted molar refractivity (Wildman–Crippen MR) is 135 cm³/mol. The topological polar surface area (TPSA) is 114 Å². The number of fused-ring (bicyclic) bond motifs is 1. The molecule has 1 saturated carbocycles. The summed E-state index contributed by atoms with van der Waals surface area (Å²) >= 11 is 0. The molecule has 1 N–H and O–H groups in total. The quantitative estimate of drug-likeness (QED) is 0.390. The van der Waals surface area contributed by atoms with Crippen LogP contribution < -0.4 is 4.90 Å². The fourth-order valence-electron chi connectivity index (χ4n) is 4.79. The number of pyridine rings is 1. The molecule has 0 aliphatic heterocycles. The van der Waals surface area contributed by atoms with Gasteiger partial charge in [-0.2, -0.15) is 0 Å². The minimum atomic E-state index is -1.12. The Hall–Kier alpha value is -4.01. The van der Waals surface area contributed by atoms with Gasteiger partial charge >= 0.3 is 5.97 Å². The maximum atomic E-state index is 13.5. The summed E-state index contributed by atoms with van der Waals surface area (Å²) in [5.41, 5.74) is 2.75. The summed E-state index contributed by atoms with van der Waals surface area (Å²) in [5.74, 6) is -0.0213. The molecule has 0 spiro atoms. The third kappa shape index (κ3) is 4.48. The fraction of sp³-hybridized carbons (Fsp3) is 0.370. The number of aromatic nitrogens is 4. The molecule has 0 unspecified atom stereocenters. The van der Waals surface area contributed by atoms with Crippen LogP contribution in [0.25, 0.3) is 28.2 Å². The molecule has 5 rings (SSSR count). The second-order valence-electron chi connectivity index (χ2n) is 9.78. The average Bonchev–Trinajstić information content (AvgIpc) is 3.49. The van der Waals surface area contributed by atoms with Crippen LogP contribution in [0.1, 0.15) is 56.8 Å². The van der Waals surface area contributed by atoms with Crippen molar-refractivity contribution in [2.45, 2.75) is 52.5 Å². The van der Waals surface area contributed by atoms with Gasteiger partial charge in [0.2, 0.25) is 11.8 Å². The summed E-state index contributed by atoms with van der Waals surface area (Å²) in [6, 6.07) is 8.83. The molecule has 3 heterocycles. The highest BCUT2D eigenvalue weighted by Crippen LogP contribution is 2.33. The lowest BCUT2D eigenvalue weighted by Crippen LogP contribution is -2.43. The number of amides is 1. The zero-order chi connectivity index (χ0) is 25.4. The molecule has 0 radical (unpaired) electrons. The summed E-state index contributed by atoms with van der Waals surface area (Å²) in [6.07, 6.45) is 8.40. The van der Waals surface area contributed by atoms with Crippen LogP contribution in [0.5, 0.6) is 0 Å². The van der Waals surface area contributed by atoms with Gasteiger partial charge in [0, 0.05) is 36.0 Å². The number of aromatic carboxylic acids is 1. The van der Waals surface area contributed by atoms with Gasteiger partial charge in [0.1, 0.15) is 11.1 Å². The normalized spacial score (nSPS) is 18.0. The van der Waals surface area contributed by atoms with E-state index < -0.39 is 5.97 Å². The Morgan fingerprint density at radius 2 is 1.83 bits per heavy atom. The molecule has 1 aliphatic rings. The monoisotopic (exact) mass is 487 g/mol. The molecule has 186 valence electrons. The van der Waals surface area contributed by atoms with Crippen LogP contribution in [0.2, 0.25) is 0 Å². The van der Waals surface area contributed by atoms with Crippen molar-refractivity contribution in [2.75, 3.05) is 4.90 Å². The zero-order valence-electron chi connectivity index (χ0n) is 20.6. The van der Waals surface area contributed by atoms with Crippen LogP contribution in [0, 0.1) is 11.8 Å². The maximum absolute atomic E-state index is 13.5. The lowest BCUT2D eigenvalue weighted by Gasteiger charge is -2.32. The molecule has 0 bridgehead atoms. The van der Waals surface area contributed by atoms with Crippen molar-refractivity contribution in [3.63, 3.8) is 0 Å². The Morgan fingerprint density at radius 1 is 1.11 bits per heavy atom. The van der Waals surface area contributed by atoms with Gasteiger partial charge in [-0.1, -0.05) is 6.92 Å². The Bertz CT molecular complexity index is 1360. The SMILES string of the molecule is CC(C)N(c1nn(-c2ccc(-c3nc4cnccc4o3)cc2)cc1C(=O)O)C(=O)[C@H]1CC[C@H](C)CC1. The van der Waals surface area contributed by atoms with Crippen molar-refractivity contribution in [1.82, 2.24) is 19.7 Å². The van der Waals surface area contributed by atoms with E-state index in [9.17, 15) is 14.7 Å². The molecular formula is C27H29N5O4. The smallest absolute Gasteiger partial charge is 0.341 e. The Labute approximate surface area is 208 Å². The Balaban J connectivity index is 1.46. The first-order valence-corrected chi connectivity index (χ1v) is 12.3. The second-order valence-corrected chi connectivity index (χ2v) is 9.78. The minimum absolute atomic E-state index is 0.00300. The van der Waals surface area contributed by atoms with Crippen LogP contribution in [-0.2, 0) is 4.79 Å². The number of carboxylic acids is 1. The number of hydrogen-bond acceptors (Lipinski definition) is 6. The van der Waals surface area contributed by atoms with Crippen molar-refractivity contribution in [3.8, 4) is 17.1 Å². The van der Waals surface area contributed by atoms with E-state index in [1.54, 1.807) is 23.4 Å². The largest absolute Gasteiger partial charge is 0.477 e. The number of hydrogen-bond donors (Lipinski definition) is 1. The van der Waals surface area contributed by atoms with Crippen molar-refractivity contribution in [3.05, 3.63) is 54.5 Å². The third-order valence-electron chi connectivity index (χ3n) is 6.84. The highest BCUT2D eigenvalue weighted by Gasteiger charge is 2.34. The van der Waals surface area contributed by atoms with Gasteiger partial charge in [-0.25, -0.2) is 14.5 Å². The van der Waals surface area contributed by atoms with E-state index in [0.717, 1.165) is 31.2 Å². The molecule has 1 fully saturated rings. The molecule has 1 aromatic carbocycles. The standard InChI is InChI=1S/C27H29N5O4/c1-16(2)32(26(33)19-6-4-17(3)5-7-19)24-21(27(34)35)15-31(30-24)20-10-8-18(9-11-20)25-29-22-14-28-13-12-23(22)36-25/h8-17,19H,4-7H2,1-3H3,(H,34,35)/t17-,19-. The third-order valence-corrected chi connectivity index (χ3v) is 6.84. The molecule has 9 nitrogen and oxygen atoms in total. The van der Waals surface area contributed by atoms with Crippen LogP contribution in [0.4, 0.5) is 5.82 Å². The number of rotatable bonds is 6. The highest BCUT2D eigenvalue weighted by atomic mass is 16.4. The molecule has 3 aromatic heterocycles. The molecular weight excluding hydrogens is 458 g/mol. The molecule has 36 heavy (non-hydrogen) atoms. The van der Waals surface area contributed by atoms with Gasteiger partial charge in [0.05, 0.1) is 11.9 Å². The van der Waals surface area contributed by atoms with Crippen molar-refractivity contribution < 1.29 is 19.1 Å². The zero-order valence-corrected chi connectivity index (χ0v) is 20.6. The van der Waals surface area contributed by atoms with Crippen molar-refractivity contribution in [2.24, 2.45) is 11.8 Å².